The molecule has 1 N–H and O–H groups in total. The normalized spacial score (nSPS) is 15.3. The predicted molar refractivity (Wildman–Crippen MR) is 107 cm³/mol. The number of nitrogens with zero attached hydrogens (tertiary/aromatic N) is 3. The van der Waals surface area contributed by atoms with Crippen LogP contribution in [0.4, 0.5) is 11.4 Å². The zero-order chi connectivity index (χ0) is 20.9. The molecule has 1 heterocycles. The van der Waals surface area contributed by atoms with Gasteiger partial charge in [0.25, 0.3) is 5.69 Å². The SMILES string of the molecule is COc1cccc(C=NNc2ccc([N+](=O)[O-])cc2S(=O)(=O)N2CCOCC2)c1. The Labute approximate surface area is 167 Å². The first-order valence-electron chi connectivity index (χ1n) is 8.71. The topological polar surface area (TPSA) is 123 Å². The third kappa shape index (κ3) is 4.88. The van der Waals surface area contributed by atoms with Crippen LogP contribution in [0, 0.1) is 10.1 Å². The summed E-state index contributed by atoms with van der Waals surface area (Å²) in [4.78, 5) is 10.3. The van der Waals surface area contributed by atoms with Gasteiger partial charge in [0.05, 0.1) is 37.1 Å². The lowest BCUT2D eigenvalue weighted by Gasteiger charge is -2.26. The predicted octanol–water partition coefficient (Wildman–Crippen LogP) is 2.07. The number of ether oxygens (including phenoxy) is 2. The van der Waals surface area contributed by atoms with Crippen LogP contribution in [-0.4, -0.2) is 57.3 Å². The van der Waals surface area contributed by atoms with Gasteiger partial charge >= 0.3 is 0 Å². The summed E-state index contributed by atoms with van der Waals surface area (Å²) < 4.78 is 37.7. The minimum Gasteiger partial charge on any atom is -0.497 e. The van der Waals surface area contributed by atoms with Gasteiger partial charge in [0.1, 0.15) is 10.6 Å². The molecule has 0 aliphatic carbocycles. The van der Waals surface area contributed by atoms with E-state index in [9.17, 15) is 18.5 Å². The first-order valence-corrected chi connectivity index (χ1v) is 10.2. The Morgan fingerprint density at radius 1 is 1.24 bits per heavy atom. The second kappa shape index (κ2) is 8.99. The third-order valence-electron chi connectivity index (χ3n) is 4.26. The lowest BCUT2D eigenvalue weighted by molar-refractivity contribution is -0.385. The van der Waals surface area contributed by atoms with Crippen molar-refractivity contribution in [1.29, 1.82) is 0 Å². The van der Waals surface area contributed by atoms with Crippen molar-refractivity contribution in [3.8, 4) is 5.75 Å². The van der Waals surface area contributed by atoms with Gasteiger partial charge in [-0.2, -0.15) is 9.41 Å². The summed E-state index contributed by atoms with van der Waals surface area (Å²) in [5.74, 6) is 0.653. The van der Waals surface area contributed by atoms with Crippen LogP contribution in [0.2, 0.25) is 0 Å². The molecule has 0 atom stereocenters. The molecule has 2 aromatic carbocycles. The minimum absolute atomic E-state index is 0.140. The van der Waals surface area contributed by atoms with E-state index in [0.717, 1.165) is 11.6 Å². The van der Waals surface area contributed by atoms with Crippen LogP contribution in [0.1, 0.15) is 5.56 Å². The molecule has 29 heavy (non-hydrogen) atoms. The maximum Gasteiger partial charge on any atom is 0.270 e. The average molecular weight is 420 g/mol. The smallest absolute Gasteiger partial charge is 0.270 e. The summed E-state index contributed by atoms with van der Waals surface area (Å²) in [7, 11) is -2.41. The summed E-state index contributed by atoms with van der Waals surface area (Å²) in [6.45, 7) is 0.894. The van der Waals surface area contributed by atoms with E-state index in [0.29, 0.717) is 5.75 Å². The summed E-state index contributed by atoms with van der Waals surface area (Å²) in [6, 6.07) is 10.7. The van der Waals surface area contributed by atoms with Crippen LogP contribution < -0.4 is 10.2 Å². The second-order valence-electron chi connectivity index (χ2n) is 6.10. The van der Waals surface area contributed by atoms with Crippen molar-refractivity contribution in [1.82, 2.24) is 4.31 Å². The van der Waals surface area contributed by atoms with E-state index < -0.39 is 14.9 Å². The number of nitro groups is 1. The quantitative estimate of drug-likeness (QED) is 0.413. The Bertz CT molecular complexity index is 1020. The van der Waals surface area contributed by atoms with E-state index in [2.05, 4.69) is 10.5 Å². The van der Waals surface area contributed by atoms with Gasteiger partial charge in [-0.15, -0.1) is 0 Å². The average Bonchev–Trinajstić information content (AvgIpc) is 2.74. The fourth-order valence-electron chi connectivity index (χ4n) is 2.75. The second-order valence-corrected chi connectivity index (χ2v) is 8.01. The summed E-state index contributed by atoms with van der Waals surface area (Å²) in [6.07, 6.45) is 1.50. The Hall–Kier alpha value is -3.02. The highest BCUT2D eigenvalue weighted by Crippen LogP contribution is 2.29. The fourth-order valence-corrected chi connectivity index (χ4v) is 4.32. The summed E-state index contributed by atoms with van der Waals surface area (Å²) in [5, 5.41) is 15.2. The number of hydrazone groups is 1. The molecule has 10 nitrogen and oxygen atoms in total. The number of rotatable bonds is 7. The number of hydrogen-bond donors (Lipinski definition) is 1. The molecule has 0 saturated carbocycles. The molecule has 2 aromatic rings. The first-order chi connectivity index (χ1) is 13.9. The lowest BCUT2D eigenvalue weighted by atomic mass is 10.2. The minimum atomic E-state index is -3.96. The fraction of sp³-hybridized carbons (Fsp3) is 0.278. The number of nitrogens with one attached hydrogen (secondary N) is 1. The molecule has 1 fully saturated rings. The van der Waals surface area contributed by atoms with Crippen molar-refractivity contribution in [3.63, 3.8) is 0 Å². The van der Waals surface area contributed by atoms with Gasteiger partial charge in [0.15, 0.2) is 0 Å². The summed E-state index contributed by atoms with van der Waals surface area (Å²) >= 11 is 0. The van der Waals surface area contributed by atoms with Crippen molar-refractivity contribution < 1.29 is 22.8 Å². The number of methoxy groups -OCH3 is 1. The number of benzene rings is 2. The number of non-ortho nitro benzene ring substituents is 1. The molecular weight excluding hydrogens is 400 g/mol. The van der Waals surface area contributed by atoms with Crippen LogP contribution in [0.3, 0.4) is 0 Å². The monoisotopic (exact) mass is 420 g/mol. The lowest BCUT2D eigenvalue weighted by Crippen LogP contribution is -2.40. The van der Waals surface area contributed by atoms with E-state index in [1.165, 1.54) is 22.7 Å². The van der Waals surface area contributed by atoms with Crippen molar-refractivity contribution in [3.05, 3.63) is 58.1 Å². The van der Waals surface area contributed by atoms with Gasteiger partial charge in [-0.05, 0) is 23.8 Å². The largest absolute Gasteiger partial charge is 0.497 e. The molecule has 0 radical (unpaired) electrons. The van der Waals surface area contributed by atoms with Crippen molar-refractivity contribution >= 4 is 27.6 Å². The molecule has 154 valence electrons. The van der Waals surface area contributed by atoms with Gasteiger partial charge in [-0.1, -0.05) is 12.1 Å². The van der Waals surface area contributed by atoms with Gasteiger partial charge in [-0.25, -0.2) is 8.42 Å². The standard InChI is InChI=1S/C18H20N4O6S/c1-27-16-4-2-3-14(11-16)13-19-20-17-6-5-15(22(23)24)12-18(17)29(25,26)21-7-9-28-10-8-21/h2-6,11-13,20H,7-10H2,1H3. The first kappa shape index (κ1) is 20.7. The number of hydrogen-bond acceptors (Lipinski definition) is 8. The molecule has 3 rings (SSSR count). The van der Waals surface area contributed by atoms with E-state index >= 15 is 0 Å². The highest BCUT2D eigenvalue weighted by Gasteiger charge is 2.30. The van der Waals surface area contributed by atoms with E-state index in [1.54, 1.807) is 31.4 Å². The third-order valence-corrected chi connectivity index (χ3v) is 6.19. The molecule has 0 unspecified atom stereocenters. The Balaban J connectivity index is 1.91. The molecule has 11 heteroatoms. The molecule has 0 bridgehead atoms. The van der Waals surface area contributed by atoms with Crippen LogP contribution >= 0.6 is 0 Å². The van der Waals surface area contributed by atoms with Crippen LogP contribution in [-0.2, 0) is 14.8 Å². The highest BCUT2D eigenvalue weighted by atomic mass is 32.2. The van der Waals surface area contributed by atoms with E-state index in [1.807, 2.05) is 0 Å². The summed E-state index contributed by atoms with van der Waals surface area (Å²) in [5.41, 5.74) is 3.23. The zero-order valence-electron chi connectivity index (χ0n) is 15.6. The van der Waals surface area contributed by atoms with E-state index in [-0.39, 0.29) is 42.6 Å². The van der Waals surface area contributed by atoms with Gasteiger partial charge < -0.3 is 9.47 Å². The van der Waals surface area contributed by atoms with Gasteiger partial charge in [-0.3, -0.25) is 15.5 Å². The number of morpholine rings is 1. The molecule has 0 amide bonds. The van der Waals surface area contributed by atoms with Gasteiger partial charge in [0, 0.05) is 25.2 Å². The molecule has 1 aliphatic rings. The van der Waals surface area contributed by atoms with Crippen molar-refractivity contribution in [2.45, 2.75) is 4.90 Å². The Kier molecular flexibility index (Phi) is 6.42. The van der Waals surface area contributed by atoms with Crippen molar-refractivity contribution in [2.75, 3.05) is 38.8 Å². The number of sulfonamides is 1. The Morgan fingerprint density at radius 3 is 2.69 bits per heavy atom. The molecule has 1 aliphatic heterocycles. The maximum absolute atomic E-state index is 13.0. The van der Waals surface area contributed by atoms with Crippen LogP contribution in [0.15, 0.2) is 52.5 Å². The Morgan fingerprint density at radius 2 is 2.00 bits per heavy atom. The molecule has 1 saturated heterocycles. The van der Waals surface area contributed by atoms with Crippen LogP contribution in [0.25, 0.3) is 0 Å². The molecule has 0 aromatic heterocycles. The molecule has 0 spiro atoms. The van der Waals surface area contributed by atoms with Crippen molar-refractivity contribution in [2.24, 2.45) is 5.10 Å². The zero-order valence-corrected chi connectivity index (χ0v) is 16.5. The highest BCUT2D eigenvalue weighted by molar-refractivity contribution is 7.89. The van der Waals surface area contributed by atoms with Crippen LogP contribution in [0.5, 0.6) is 5.75 Å². The number of anilines is 1. The molecular formula is C18H20N4O6S. The van der Waals surface area contributed by atoms with E-state index in [4.69, 9.17) is 9.47 Å². The van der Waals surface area contributed by atoms with Gasteiger partial charge in [0.2, 0.25) is 10.0 Å². The maximum atomic E-state index is 13.0. The number of nitro benzene ring substituents is 1.